The number of rotatable bonds is 7. The Kier molecular flexibility index (Phi) is 6.39. The van der Waals surface area contributed by atoms with E-state index in [1.165, 1.54) is 5.56 Å². The Labute approximate surface area is 176 Å². The summed E-state index contributed by atoms with van der Waals surface area (Å²) in [5, 5.41) is 11.4. The van der Waals surface area contributed by atoms with Crippen LogP contribution >= 0.6 is 0 Å². The van der Waals surface area contributed by atoms with Crippen LogP contribution in [0.15, 0.2) is 54.7 Å². The lowest BCUT2D eigenvalue weighted by Gasteiger charge is -2.22. The molecule has 1 amide bonds. The monoisotopic (exact) mass is 406 g/mol. The molecule has 156 valence electrons. The van der Waals surface area contributed by atoms with E-state index in [-0.39, 0.29) is 12.5 Å². The number of hydrogen-bond acceptors (Lipinski definition) is 5. The second-order valence-corrected chi connectivity index (χ2v) is 7.56. The highest BCUT2D eigenvalue weighted by molar-refractivity contribution is 5.77. The third kappa shape index (κ3) is 5.24. The fraction of sp³-hybridized carbons (Fsp3) is 0.348. The maximum absolute atomic E-state index is 12.0. The highest BCUT2D eigenvalue weighted by atomic mass is 16.5. The minimum Gasteiger partial charge on any atom is -0.484 e. The number of amides is 1. The van der Waals surface area contributed by atoms with Gasteiger partial charge in [0.15, 0.2) is 6.61 Å². The highest BCUT2D eigenvalue weighted by Gasteiger charge is 2.14. The van der Waals surface area contributed by atoms with E-state index in [1.54, 1.807) is 4.68 Å². The van der Waals surface area contributed by atoms with Gasteiger partial charge >= 0.3 is 0 Å². The fourth-order valence-corrected chi connectivity index (χ4v) is 3.35. The maximum atomic E-state index is 12.0. The molecule has 1 aliphatic heterocycles. The maximum Gasteiger partial charge on any atom is 0.257 e. The summed E-state index contributed by atoms with van der Waals surface area (Å²) in [6, 6.07) is 15.6. The summed E-state index contributed by atoms with van der Waals surface area (Å²) >= 11 is 0. The van der Waals surface area contributed by atoms with Crippen molar-refractivity contribution in [1.29, 1.82) is 0 Å². The van der Waals surface area contributed by atoms with Gasteiger partial charge in [0.05, 0.1) is 11.9 Å². The van der Waals surface area contributed by atoms with Crippen molar-refractivity contribution in [3.8, 4) is 22.7 Å². The van der Waals surface area contributed by atoms with Crippen LogP contribution in [0.4, 0.5) is 0 Å². The van der Waals surface area contributed by atoms with Gasteiger partial charge in [0.2, 0.25) is 0 Å². The van der Waals surface area contributed by atoms with Crippen molar-refractivity contribution in [2.45, 2.75) is 19.8 Å². The van der Waals surface area contributed by atoms with E-state index in [1.807, 2.05) is 42.6 Å². The zero-order valence-corrected chi connectivity index (χ0v) is 17.1. The van der Waals surface area contributed by atoms with Crippen LogP contribution in [0.3, 0.4) is 0 Å². The molecular weight excluding hydrogens is 380 g/mol. The lowest BCUT2D eigenvalue weighted by molar-refractivity contribution is -0.123. The molecule has 0 spiro atoms. The molecule has 3 aromatic rings. The molecule has 7 heteroatoms. The van der Waals surface area contributed by atoms with Crippen LogP contribution in [0, 0.1) is 12.8 Å². The van der Waals surface area contributed by atoms with Crippen molar-refractivity contribution in [2.24, 2.45) is 5.92 Å². The van der Waals surface area contributed by atoms with E-state index in [4.69, 9.17) is 9.47 Å². The van der Waals surface area contributed by atoms with Crippen LogP contribution in [0.5, 0.6) is 5.75 Å². The van der Waals surface area contributed by atoms with Crippen LogP contribution in [-0.4, -0.2) is 47.3 Å². The van der Waals surface area contributed by atoms with E-state index in [2.05, 4.69) is 34.7 Å². The minimum atomic E-state index is -0.107. The molecule has 1 N–H and O–H groups in total. The standard InChI is InChI=1S/C23H26N4O3/c1-17-2-4-19(5-3-17)22-15-27(26-25-22)20-6-8-21(9-7-20)30-16-23(28)24-14-18-10-12-29-13-11-18/h2-9,15,18H,10-14,16H2,1H3,(H,24,28). The number of nitrogens with zero attached hydrogens (tertiary/aromatic N) is 3. The van der Waals surface area contributed by atoms with Crippen molar-refractivity contribution >= 4 is 5.91 Å². The Hall–Kier alpha value is -3.19. The van der Waals surface area contributed by atoms with Gasteiger partial charge in [0, 0.05) is 25.3 Å². The molecule has 30 heavy (non-hydrogen) atoms. The first-order valence-corrected chi connectivity index (χ1v) is 10.2. The Morgan fingerprint density at radius 3 is 2.60 bits per heavy atom. The summed E-state index contributed by atoms with van der Waals surface area (Å²) in [4.78, 5) is 12.0. The first-order chi connectivity index (χ1) is 14.7. The Morgan fingerprint density at radius 2 is 1.87 bits per heavy atom. The number of aryl methyl sites for hydroxylation is 1. The van der Waals surface area contributed by atoms with Crippen LogP contribution in [0.2, 0.25) is 0 Å². The molecule has 1 saturated heterocycles. The van der Waals surface area contributed by atoms with Crippen molar-refractivity contribution < 1.29 is 14.3 Å². The average Bonchev–Trinajstić information content (AvgIpc) is 3.28. The molecule has 4 rings (SSSR count). The minimum absolute atomic E-state index is 0.00344. The predicted molar refractivity (Wildman–Crippen MR) is 114 cm³/mol. The lowest BCUT2D eigenvalue weighted by atomic mass is 10.0. The molecule has 7 nitrogen and oxygen atoms in total. The van der Waals surface area contributed by atoms with Gasteiger partial charge in [-0.3, -0.25) is 4.79 Å². The molecule has 0 atom stereocenters. The molecule has 0 aliphatic carbocycles. The second kappa shape index (κ2) is 9.54. The molecule has 0 radical (unpaired) electrons. The molecule has 2 aromatic carbocycles. The van der Waals surface area contributed by atoms with Crippen LogP contribution < -0.4 is 10.1 Å². The normalized spacial score (nSPS) is 14.4. The van der Waals surface area contributed by atoms with Gasteiger partial charge in [-0.15, -0.1) is 5.10 Å². The summed E-state index contributed by atoms with van der Waals surface area (Å²) < 4.78 is 12.7. The van der Waals surface area contributed by atoms with Crippen LogP contribution in [0.25, 0.3) is 16.9 Å². The van der Waals surface area contributed by atoms with Crippen LogP contribution in [0.1, 0.15) is 18.4 Å². The van der Waals surface area contributed by atoms with Crippen molar-refractivity contribution in [3.63, 3.8) is 0 Å². The van der Waals surface area contributed by atoms with Crippen LogP contribution in [-0.2, 0) is 9.53 Å². The largest absolute Gasteiger partial charge is 0.484 e. The quantitative estimate of drug-likeness (QED) is 0.652. The van der Waals surface area contributed by atoms with Gasteiger partial charge in [0.1, 0.15) is 11.4 Å². The molecule has 1 fully saturated rings. The lowest BCUT2D eigenvalue weighted by Crippen LogP contribution is -2.35. The number of ether oxygens (including phenoxy) is 2. The van der Waals surface area contributed by atoms with Gasteiger partial charge in [-0.1, -0.05) is 35.0 Å². The average molecular weight is 406 g/mol. The number of aromatic nitrogens is 3. The molecule has 0 unspecified atom stereocenters. The predicted octanol–water partition coefficient (Wildman–Crippen LogP) is 3.16. The molecule has 1 aliphatic rings. The molecular formula is C23H26N4O3. The Balaban J connectivity index is 1.28. The summed E-state index contributed by atoms with van der Waals surface area (Å²) in [5.74, 6) is 1.03. The van der Waals surface area contributed by atoms with Gasteiger partial charge < -0.3 is 14.8 Å². The van der Waals surface area contributed by atoms with Gasteiger partial charge in [-0.05, 0) is 49.9 Å². The smallest absolute Gasteiger partial charge is 0.257 e. The summed E-state index contributed by atoms with van der Waals surface area (Å²) in [6.07, 6.45) is 3.89. The van der Waals surface area contributed by atoms with E-state index in [0.717, 1.165) is 43.0 Å². The van der Waals surface area contributed by atoms with E-state index >= 15 is 0 Å². The first kappa shape index (κ1) is 20.1. The number of carbonyl (C=O) groups is 1. The number of hydrogen-bond donors (Lipinski definition) is 1. The summed E-state index contributed by atoms with van der Waals surface area (Å²) in [7, 11) is 0. The third-order valence-electron chi connectivity index (χ3n) is 5.24. The molecule has 1 aromatic heterocycles. The molecule has 2 heterocycles. The zero-order chi connectivity index (χ0) is 20.8. The van der Waals surface area contributed by atoms with E-state index in [9.17, 15) is 4.79 Å². The Morgan fingerprint density at radius 1 is 1.13 bits per heavy atom. The van der Waals surface area contributed by atoms with Crippen molar-refractivity contribution in [2.75, 3.05) is 26.4 Å². The SMILES string of the molecule is Cc1ccc(-c2cn(-c3ccc(OCC(=O)NCC4CCOCC4)cc3)nn2)cc1. The fourth-order valence-electron chi connectivity index (χ4n) is 3.35. The first-order valence-electron chi connectivity index (χ1n) is 10.2. The van der Waals surface area contributed by atoms with Crippen molar-refractivity contribution in [1.82, 2.24) is 20.3 Å². The molecule has 0 bridgehead atoms. The van der Waals surface area contributed by atoms with Crippen molar-refractivity contribution in [3.05, 3.63) is 60.3 Å². The number of nitrogens with one attached hydrogen (secondary N) is 1. The summed E-state index contributed by atoms with van der Waals surface area (Å²) in [5.41, 5.74) is 3.92. The third-order valence-corrected chi connectivity index (χ3v) is 5.24. The second-order valence-electron chi connectivity index (χ2n) is 7.56. The van der Waals surface area contributed by atoms with E-state index in [0.29, 0.717) is 18.2 Å². The number of carbonyl (C=O) groups excluding carboxylic acids is 1. The summed E-state index contributed by atoms with van der Waals surface area (Å²) in [6.45, 7) is 4.30. The topological polar surface area (TPSA) is 78.3 Å². The zero-order valence-electron chi connectivity index (χ0n) is 17.1. The molecule has 0 saturated carbocycles. The van der Waals surface area contributed by atoms with Gasteiger partial charge in [-0.2, -0.15) is 0 Å². The van der Waals surface area contributed by atoms with E-state index < -0.39 is 0 Å². The van der Waals surface area contributed by atoms with Gasteiger partial charge in [0.25, 0.3) is 5.91 Å². The number of benzene rings is 2. The highest BCUT2D eigenvalue weighted by Crippen LogP contribution is 2.20. The Bertz CT molecular complexity index is 961. The van der Waals surface area contributed by atoms with Gasteiger partial charge in [-0.25, -0.2) is 4.68 Å².